The highest BCUT2D eigenvalue weighted by Crippen LogP contribution is 2.14. The van der Waals surface area contributed by atoms with Crippen molar-refractivity contribution in [1.82, 2.24) is 25.5 Å². The zero-order valence-corrected chi connectivity index (χ0v) is 13.5. The molecule has 122 valence electrons. The van der Waals surface area contributed by atoms with Crippen molar-refractivity contribution in [2.75, 3.05) is 45.8 Å². The lowest BCUT2D eigenvalue weighted by Gasteiger charge is -2.21. The van der Waals surface area contributed by atoms with E-state index >= 15 is 0 Å². The van der Waals surface area contributed by atoms with Crippen LogP contribution in [-0.4, -0.2) is 60.7 Å². The first-order valence-corrected chi connectivity index (χ1v) is 8.43. The highest BCUT2D eigenvalue weighted by atomic mass is 15.2. The summed E-state index contributed by atoms with van der Waals surface area (Å²) in [6, 6.07) is 12.2. The molecule has 3 heterocycles. The predicted octanol–water partition coefficient (Wildman–Crippen LogP) is 1.18. The molecular weight excluding hydrogens is 286 g/mol. The average molecular weight is 311 g/mol. The monoisotopic (exact) mass is 311 g/mol. The zero-order valence-electron chi connectivity index (χ0n) is 13.5. The van der Waals surface area contributed by atoms with Gasteiger partial charge in [-0.2, -0.15) is 0 Å². The minimum atomic E-state index is 0.936. The molecule has 0 atom stereocenters. The summed E-state index contributed by atoms with van der Waals surface area (Å²) in [4.78, 5) is 11.7. The lowest BCUT2D eigenvalue weighted by molar-refractivity contribution is 0.283. The van der Waals surface area contributed by atoms with Crippen molar-refractivity contribution >= 4 is 0 Å². The molecule has 0 unspecified atom stereocenters. The number of hydrogen-bond donors (Lipinski definition) is 2. The van der Waals surface area contributed by atoms with Crippen LogP contribution in [0.25, 0.3) is 11.4 Å². The van der Waals surface area contributed by atoms with Crippen molar-refractivity contribution in [1.29, 1.82) is 0 Å². The Kier molecular flexibility index (Phi) is 6.09. The molecule has 5 nitrogen and oxygen atoms in total. The van der Waals surface area contributed by atoms with E-state index in [4.69, 9.17) is 4.98 Å². The Labute approximate surface area is 138 Å². The standard InChI is InChI=1S/C18H25N5/c1-2-8-21-17(5-1)18-6-3-4-16(22-18)7-13-23-14-11-19-9-10-20-12-15-23/h1-6,8,19-20H,7,9-15H2. The summed E-state index contributed by atoms with van der Waals surface area (Å²) in [5.74, 6) is 0. The molecule has 2 aromatic heterocycles. The van der Waals surface area contributed by atoms with Crippen LogP contribution in [-0.2, 0) is 6.42 Å². The second-order valence-electron chi connectivity index (χ2n) is 5.82. The Morgan fingerprint density at radius 3 is 2.39 bits per heavy atom. The van der Waals surface area contributed by atoms with E-state index in [1.807, 2.05) is 30.5 Å². The molecule has 1 aliphatic heterocycles. The van der Waals surface area contributed by atoms with Crippen LogP contribution in [0.1, 0.15) is 5.69 Å². The Bertz CT molecular complexity index is 577. The Morgan fingerprint density at radius 2 is 1.65 bits per heavy atom. The maximum atomic E-state index is 4.77. The normalized spacial score (nSPS) is 17.2. The van der Waals surface area contributed by atoms with Gasteiger partial charge in [-0.15, -0.1) is 0 Å². The highest BCUT2D eigenvalue weighted by molar-refractivity contribution is 5.53. The summed E-state index contributed by atoms with van der Waals surface area (Å²) in [7, 11) is 0. The molecule has 0 radical (unpaired) electrons. The topological polar surface area (TPSA) is 53.1 Å². The van der Waals surface area contributed by atoms with Crippen LogP contribution in [0.4, 0.5) is 0 Å². The molecule has 5 heteroatoms. The van der Waals surface area contributed by atoms with E-state index in [9.17, 15) is 0 Å². The van der Waals surface area contributed by atoms with Crippen LogP contribution in [0.2, 0.25) is 0 Å². The summed E-state index contributed by atoms with van der Waals surface area (Å²) in [6.45, 7) is 7.47. The molecular formula is C18H25N5. The van der Waals surface area contributed by atoms with Gasteiger partial charge in [0, 0.05) is 64.1 Å². The summed E-state index contributed by atoms with van der Waals surface area (Å²) < 4.78 is 0. The Balaban J connectivity index is 1.59. The molecule has 23 heavy (non-hydrogen) atoms. The fourth-order valence-corrected chi connectivity index (χ4v) is 2.78. The number of nitrogens with one attached hydrogen (secondary N) is 2. The second-order valence-corrected chi connectivity index (χ2v) is 5.82. The smallest absolute Gasteiger partial charge is 0.0889 e. The second kappa shape index (κ2) is 8.72. The molecule has 0 aromatic carbocycles. The number of hydrogen-bond acceptors (Lipinski definition) is 5. The van der Waals surface area contributed by atoms with Gasteiger partial charge in [-0.05, 0) is 24.3 Å². The third kappa shape index (κ3) is 5.10. The maximum Gasteiger partial charge on any atom is 0.0889 e. The van der Waals surface area contributed by atoms with Gasteiger partial charge in [-0.25, -0.2) is 0 Å². The summed E-state index contributed by atoms with van der Waals surface area (Å²) in [6.07, 6.45) is 2.79. The molecule has 0 amide bonds. The van der Waals surface area contributed by atoms with Crippen molar-refractivity contribution in [2.45, 2.75) is 6.42 Å². The van der Waals surface area contributed by atoms with Crippen LogP contribution in [0.5, 0.6) is 0 Å². The van der Waals surface area contributed by atoms with E-state index in [1.54, 1.807) is 0 Å². The SMILES string of the molecule is c1ccc(-c2cccc(CCN3CCNCCNCC3)n2)nc1. The Morgan fingerprint density at radius 1 is 0.870 bits per heavy atom. The molecule has 0 spiro atoms. The number of nitrogens with zero attached hydrogens (tertiary/aromatic N) is 3. The molecule has 0 bridgehead atoms. The van der Waals surface area contributed by atoms with Crippen molar-refractivity contribution in [3.05, 3.63) is 48.3 Å². The summed E-state index contributed by atoms with van der Waals surface area (Å²) >= 11 is 0. The molecule has 2 aromatic rings. The minimum Gasteiger partial charge on any atom is -0.314 e. The fraction of sp³-hybridized carbons (Fsp3) is 0.444. The van der Waals surface area contributed by atoms with E-state index in [0.29, 0.717) is 0 Å². The van der Waals surface area contributed by atoms with Crippen LogP contribution >= 0.6 is 0 Å². The van der Waals surface area contributed by atoms with Crippen LogP contribution in [0.15, 0.2) is 42.6 Å². The van der Waals surface area contributed by atoms with Gasteiger partial charge in [0.25, 0.3) is 0 Å². The van der Waals surface area contributed by atoms with E-state index in [2.05, 4.69) is 32.7 Å². The molecule has 1 saturated heterocycles. The quantitative estimate of drug-likeness (QED) is 0.888. The van der Waals surface area contributed by atoms with Crippen molar-refractivity contribution in [3.8, 4) is 11.4 Å². The van der Waals surface area contributed by atoms with Gasteiger partial charge in [0.15, 0.2) is 0 Å². The molecule has 0 aliphatic carbocycles. The molecule has 0 saturated carbocycles. The molecule has 3 rings (SSSR count). The fourth-order valence-electron chi connectivity index (χ4n) is 2.78. The van der Waals surface area contributed by atoms with Gasteiger partial charge in [-0.1, -0.05) is 12.1 Å². The predicted molar refractivity (Wildman–Crippen MR) is 93.4 cm³/mol. The van der Waals surface area contributed by atoms with Crippen molar-refractivity contribution in [3.63, 3.8) is 0 Å². The van der Waals surface area contributed by atoms with Crippen molar-refractivity contribution in [2.24, 2.45) is 0 Å². The van der Waals surface area contributed by atoms with Gasteiger partial charge in [0.2, 0.25) is 0 Å². The first kappa shape index (κ1) is 16.1. The van der Waals surface area contributed by atoms with Gasteiger partial charge in [0.05, 0.1) is 11.4 Å². The van der Waals surface area contributed by atoms with Crippen LogP contribution < -0.4 is 10.6 Å². The minimum absolute atomic E-state index is 0.936. The van der Waals surface area contributed by atoms with E-state index in [1.165, 1.54) is 0 Å². The van der Waals surface area contributed by atoms with Crippen molar-refractivity contribution < 1.29 is 0 Å². The lowest BCUT2D eigenvalue weighted by Crippen LogP contribution is -2.35. The average Bonchev–Trinajstić information content (AvgIpc) is 2.75. The van der Waals surface area contributed by atoms with Gasteiger partial charge < -0.3 is 15.5 Å². The Hall–Kier alpha value is -1.82. The molecule has 2 N–H and O–H groups in total. The lowest BCUT2D eigenvalue weighted by atomic mass is 10.2. The molecule has 1 fully saturated rings. The van der Waals surface area contributed by atoms with E-state index in [0.717, 1.165) is 69.3 Å². The number of rotatable bonds is 4. The third-order valence-corrected chi connectivity index (χ3v) is 4.11. The highest BCUT2D eigenvalue weighted by Gasteiger charge is 2.08. The largest absolute Gasteiger partial charge is 0.314 e. The first-order chi connectivity index (χ1) is 11.4. The maximum absolute atomic E-state index is 4.77. The van der Waals surface area contributed by atoms with Crippen LogP contribution in [0.3, 0.4) is 0 Å². The van der Waals surface area contributed by atoms with Gasteiger partial charge >= 0.3 is 0 Å². The number of pyridine rings is 2. The van der Waals surface area contributed by atoms with E-state index < -0.39 is 0 Å². The number of aromatic nitrogens is 2. The first-order valence-electron chi connectivity index (χ1n) is 8.43. The third-order valence-electron chi connectivity index (χ3n) is 4.11. The van der Waals surface area contributed by atoms with Gasteiger partial charge in [-0.3, -0.25) is 9.97 Å². The zero-order chi connectivity index (χ0) is 15.7. The van der Waals surface area contributed by atoms with E-state index in [-0.39, 0.29) is 0 Å². The van der Waals surface area contributed by atoms with Crippen LogP contribution in [0, 0.1) is 0 Å². The summed E-state index contributed by atoms with van der Waals surface area (Å²) in [5.41, 5.74) is 3.02. The van der Waals surface area contributed by atoms with Gasteiger partial charge in [0.1, 0.15) is 0 Å². The summed E-state index contributed by atoms with van der Waals surface area (Å²) in [5, 5.41) is 6.92. The molecule has 1 aliphatic rings.